The van der Waals surface area contributed by atoms with Crippen LogP contribution in [0.15, 0.2) is 58.5 Å². The van der Waals surface area contributed by atoms with Crippen molar-refractivity contribution in [2.45, 2.75) is 26.8 Å². The maximum atomic E-state index is 12.7. The van der Waals surface area contributed by atoms with Gasteiger partial charge in [-0.1, -0.05) is 0 Å². The van der Waals surface area contributed by atoms with Crippen molar-refractivity contribution in [3.8, 4) is 33.6 Å². The van der Waals surface area contributed by atoms with Crippen molar-refractivity contribution in [1.29, 1.82) is 0 Å². The third kappa shape index (κ3) is 3.76. The van der Waals surface area contributed by atoms with E-state index in [0.717, 1.165) is 33.4 Å². The van der Waals surface area contributed by atoms with Crippen LogP contribution in [0, 0.1) is 6.92 Å². The van der Waals surface area contributed by atoms with E-state index in [1.165, 1.54) is 0 Å². The Balaban J connectivity index is 1.78. The minimum absolute atomic E-state index is 0.0493. The second-order valence-electron chi connectivity index (χ2n) is 7.21. The van der Waals surface area contributed by atoms with E-state index in [9.17, 15) is 4.79 Å². The fraction of sp³-hybridized carbons (Fsp3) is 0.217. The minimum Gasteiger partial charge on any atom is -0.497 e. The molecule has 4 rings (SSSR count). The largest absolute Gasteiger partial charge is 0.497 e. The summed E-state index contributed by atoms with van der Waals surface area (Å²) < 4.78 is 12.8. The first-order valence-electron chi connectivity index (χ1n) is 9.65. The lowest BCUT2D eigenvalue weighted by atomic mass is 10.2. The third-order valence-electron chi connectivity index (χ3n) is 4.74. The number of nitrogens with zero attached hydrogens (tertiary/aromatic N) is 2. The fourth-order valence-electron chi connectivity index (χ4n) is 3.30. The Morgan fingerprint density at radius 2 is 2.00 bits per heavy atom. The summed E-state index contributed by atoms with van der Waals surface area (Å²) in [6.07, 6.45) is 1.62. The molecule has 0 aliphatic heterocycles. The Bertz CT molecular complexity index is 1160. The number of hydrogen-bond donors (Lipinski definition) is 1. The van der Waals surface area contributed by atoms with Crippen molar-refractivity contribution in [3.63, 3.8) is 0 Å². The average Bonchev–Trinajstić information content (AvgIpc) is 3.47. The smallest absolute Gasteiger partial charge is 0.253 e. The van der Waals surface area contributed by atoms with E-state index in [2.05, 4.69) is 5.32 Å². The summed E-state index contributed by atoms with van der Waals surface area (Å²) in [5.74, 6) is 1.34. The van der Waals surface area contributed by atoms with Gasteiger partial charge < -0.3 is 14.5 Å². The number of amides is 1. The van der Waals surface area contributed by atoms with Crippen molar-refractivity contribution in [3.05, 3.63) is 65.4 Å². The fourth-order valence-corrected chi connectivity index (χ4v) is 4.12. The number of methoxy groups -OCH3 is 1. The van der Waals surface area contributed by atoms with Gasteiger partial charge in [-0.05, 0) is 57.2 Å². The topological polar surface area (TPSA) is 69.3 Å². The quantitative estimate of drug-likeness (QED) is 0.458. The molecule has 30 heavy (non-hydrogen) atoms. The third-order valence-corrected chi connectivity index (χ3v) is 5.63. The highest BCUT2D eigenvalue weighted by Gasteiger charge is 2.22. The molecule has 0 bridgehead atoms. The molecule has 7 heteroatoms. The lowest BCUT2D eigenvalue weighted by Crippen LogP contribution is -2.30. The lowest BCUT2D eigenvalue weighted by molar-refractivity contribution is 0.0942. The van der Waals surface area contributed by atoms with Crippen LogP contribution in [-0.4, -0.2) is 28.6 Å². The standard InChI is InChI=1S/C23H23N3O3S/c1-14(2)24-22(27)18-12-20(26(15(18)3)21-6-5-11-29-21)19-13-30-23(25-19)16-7-9-17(28-4)10-8-16/h5-14H,1-4H3,(H,24,27). The van der Waals surface area contributed by atoms with Gasteiger partial charge in [0.2, 0.25) is 5.88 Å². The number of hydrogen-bond acceptors (Lipinski definition) is 5. The molecule has 1 amide bonds. The van der Waals surface area contributed by atoms with Crippen LogP contribution in [0.25, 0.3) is 27.8 Å². The predicted molar refractivity (Wildman–Crippen MR) is 118 cm³/mol. The summed E-state index contributed by atoms with van der Waals surface area (Å²) in [5.41, 5.74) is 4.02. The normalized spacial score (nSPS) is 11.1. The molecule has 154 valence electrons. The Hall–Kier alpha value is -3.32. The van der Waals surface area contributed by atoms with Gasteiger partial charge in [0.1, 0.15) is 10.8 Å². The maximum Gasteiger partial charge on any atom is 0.253 e. The van der Waals surface area contributed by atoms with Crippen LogP contribution in [0.5, 0.6) is 5.75 Å². The van der Waals surface area contributed by atoms with Crippen molar-refractivity contribution >= 4 is 17.2 Å². The number of benzene rings is 1. The van der Waals surface area contributed by atoms with Gasteiger partial charge in [-0.25, -0.2) is 4.98 Å². The number of furan rings is 1. The van der Waals surface area contributed by atoms with Crippen molar-refractivity contribution < 1.29 is 13.9 Å². The van der Waals surface area contributed by atoms with Gasteiger partial charge in [0.25, 0.3) is 5.91 Å². The monoisotopic (exact) mass is 421 g/mol. The molecule has 3 aromatic heterocycles. The Kier molecular flexibility index (Phi) is 5.46. The van der Waals surface area contributed by atoms with E-state index in [4.69, 9.17) is 14.1 Å². The van der Waals surface area contributed by atoms with Crippen LogP contribution in [0.3, 0.4) is 0 Å². The molecule has 0 aliphatic carbocycles. The number of carbonyl (C=O) groups is 1. The molecule has 0 aliphatic rings. The zero-order valence-corrected chi connectivity index (χ0v) is 18.1. The SMILES string of the molecule is COc1ccc(-c2nc(-c3cc(C(=O)NC(C)C)c(C)n3-c3ccco3)cs2)cc1. The van der Waals surface area contributed by atoms with Gasteiger partial charge in [0.05, 0.1) is 30.3 Å². The second-order valence-corrected chi connectivity index (χ2v) is 8.07. The Morgan fingerprint density at radius 1 is 1.23 bits per heavy atom. The van der Waals surface area contributed by atoms with Crippen LogP contribution in [0.4, 0.5) is 0 Å². The molecular formula is C23H23N3O3S. The van der Waals surface area contributed by atoms with Gasteiger partial charge in [0, 0.05) is 28.7 Å². The number of thiazole rings is 1. The van der Waals surface area contributed by atoms with Crippen LogP contribution >= 0.6 is 11.3 Å². The molecule has 6 nitrogen and oxygen atoms in total. The summed E-state index contributed by atoms with van der Waals surface area (Å²) in [6.45, 7) is 5.80. The van der Waals surface area contributed by atoms with Gasteiger partial charge >= 0.3 is 0 Å². The van der Waals surface area contributed by atoms with E-state index >= 15 is 0 Å². The molecule has 0 spiro atoms. The average molecular weight is 422 g/mol. The molecule has 0 saturated carbocycles. The number of rotatable bonds is 6. The lowest BCUT2D eigenvalue weighted by Gasteiger charge is -2.09. The first-order chi connectivity index (χ1) is 14.5. The molecule has 4 aromatic rings. The summed E-state index contributed by atoms with van der Waals surface area (Å²) in [6, 6.07) is 13.4. The first kappa shape index (κ1) is 20.0. The van der Waals surface area contributed by atoms with Gasteiger partial charge in [-0.15, -0.1) is 11.3 Å². The van der Waals surface area contributed by atoms with E-state index < -0.39 is 0 Å². The molecule has 0 fully saturated rings. The predicted octanol–water partition coefficient (Wildman–Crippen LogP) is 5.32. The van der Waals surface area contributed by atoms with E-state index in [1.54, 1.807) is 24.7 Å². The zero-order chi connectivity index (χ0) is 21.3. The highest BCUT2D eigenvalue weighted by atomic mass is 32.1. The Labute approximate surface area is 179 Å². The van der Waals surface area contributed by atoms with Crippen LogP contribution in [0.2, 0.25) is 0 Å². The zero-order valence-electron chi connectivity index (χ0n) is 17.3. The van der Waals surface area contributed by atoms with Crippen molar-refractivity contribution in [1.82, 2.24) is 14.9 Å². The van der Waals surface area contributed by atoms with Crippen molar-refractivity contribution in [2.24, 2.45) is 0 Å². The first-order valence-corrected chi connectivity index (χ1v) is 10.5. The second kappa shape index (κ2) is 8.20. The Morgan fingerprint density at radius 3 is 2.63 bits per heavy atom. The van der Waals surface area contributed by atoms with E-state index in [0.29, 0.717) is 11.4 Å². The molecule has 0 atom stereocenters. The van der Waals surface area contributed by atoms with Gasteiger partial charge in [-0.3, -0.25) is 9.36 Å². The van der Waals surface area contributed by atoms with Gasteiger partial charge in [-0.2, -0.15) is 0 Å². The molecule has 0 saturated heterocycles. The number of carbonyl (C=O) groups excluding carboxylic acids is 1. The highest BCUT2D eigenvalue weighted by Crippen LogP contribution is 2.34. The highest BCUT2D eigenvalue weighted by molar-refractivity contribution is 7.13. The van der Waals surface area contributed by atoms with E-state index in [-0.39, 0.29) is 11.9 Å². The van der Waals surface area contributed by atoms with Crippen molar-refractivity contribution in [2.75, 3.05) is 7.11 Å². The van der Waals surface area contributed by atoms with Crippen LogP contribution in [0.1, 0.15) is 29.9 Å². The van der Waals surface area contributed by atoms with Crippen LogP contribution < -0.4 is 10.1 Å². The van der Waals surface area contributed by atoms with E-state index in [1.807, 2.05) is 73.2 Å². The molecule has 1 aromatic carbocycles. The minimum atomic E-state index is -0.111. The summed E-state index contributed by atoms with van der Waals surface area (Å²) in [5, 5.41) is 5.86. The van der Waals surface area contributed by atoms with Gasteiger partial charge in [0.15, 0.2) is 0 Å². The summed E-state index contributed by atoms with van der Waals surface area (Å²) in [7, 11) is 1.65. The summed E-state index contributed by atoms with van der Waals surface area (Å²) in [4.78, 5) is 17.6. The number of aromatic nitrogens is 2. The number of ether oxygens (including phenoxy) is 1. The molecule has 3 heterocycles. The molecule has 1 N–H and O–H groups in total. The molecule has 0 radical (unpaired) electrons. The number of nitrogens with one attached hydrogen (secondary N) is 1. The maximum absolute atomic E-state index is 12.7. The summed E-state index contributed by atoms with van der Waals surface area (Å²) >= 11 is 1.55. The molecular weight excluding hydrogens is 398 g/mol. The van der Waals surface area contributed by atoms with Crippen LogP contribution in [-0.2, 0) is 0 Å². The molecule has 0 unspecified atom stereocenters.